The smallest absolute Gasteiger partial charge is 0.252 e. The number of aromatic nitrogens is 2. The standard InChI is InChI=1S/C19H20ClN5OS.2ClH/c1-21-7-8-22-19-23-10-14(20)17(25-19)16-9-13-12(3-2-4-15(13)27-16)18(26)24-11-5-6-11;;/h2-4,9-11,21H,5-8H2,1H3,(H,24,26)(H,22,23,25);2*1H. The van der Waals surface area contributed by atoms with E-state index in [1.165, 1.54) is 0 Å². The van der Waals surface area contributed by atoms with Crippen LogP contribution in [-0.2, 0) is 0 Å². The van der Waals surface area contributed by atoms with Gasteiger partial charge in [0.05, 0.1) is 16.1 Å². The first kappa shape index (κ1) is 23.6. The summed E-state index contributed by atoms with van der Waals surface area (Å²) in [5.74, 6) is 0.518. The second kappa shape index (κ2) is 10.4. The molecule has 156 valence electrons. The number of benzene rings is 1. The molecule has 4 rings (SSSR count). The van der Waals surface area contributed by atoms with Crippen molar-refractivity contribution >= 4 is 69.7 Å². The molecule has 10 heteroatoms. The fourth-order valence-electron chi connectivity index (χ4n) is 2.79. The first-order valence-corrected chi connectivity index (χ1v) is 10.1. The molecule has 1 aliphatic carbocycles. The Morgan fingerprint density at radius 3 is 2.79 bits per heavy atom. The molecule has 3 N–H and O–H groups in total. The molecule has 2 heterocycles. The normalized spacial score (nSPS) is 12.8. The summed E-state index contributed by atoms with van der Waals surface area (Å²) in [6, 6.07) is 8.11. The lowest BCUT2D eigenvalue weighted by molar-refractivity contribution is 0.0953. The van der Waals surface area contributed by atoms with E-state index in [1.54, 1.807) is 17.5 Å². The van der Waals surface area contributed by atoms with E-state index in [9.17, 15) is 4.79 Å². The van der Waals surface area contributed by atoms with Gasteiger partial charge in [0.2, 0.25) is 5.95 Å². The Balaban J connectivity index is 0.00000150. The Bertz CT molecular complexity index is 993. The van der Waals surface area contributed by atoms with Crippen LogP contribution in [0.15, 0.2) is 30.5 Å². The zero-order chi connectivity index (χ0) is 18.8. The molecule has 0 aliphatic heterocycles. The van der Waals surface area contributed by atoms with Crippen molar-refractivity contribution in [3.63, 3.8) is 0 Å². The Morgan fingerprint density at radius 2 is 2.07 bits per heavy atom. The predicted molar refractivity (Wildman–Crippen MR) is 125 cm³/mol. The van der Waals surface area contributed by atoms with Gasteiger partial charge in [-0.15, -0.1) is 36.2 Å². The van der Waals surface area contributed by atoms with Crippen LogP contribution in [0.25, 0.3) is 20.7 Å². The zero-order valence-electron chi connectivity index (χ0n) is 15.7. The topological polar surface area (TPSA) is 78.9 Å². The van der Waals surface area contributed by atoms with Gasteiger partial charge in [0.15, 0.2) is 0 Å². The average Bonchev–Trinajstić information content (AvgIpc) is 3.37. The van der Waals surface area contributed by atoms with Gasteiger partial charge in [-0.2, -0.15) is 0 Å². The molecular formula is C19H22Cl3N5OS. The van der Waals surface area contributed by atoms with E-state index in [-0.39, 0.29) is 30.7 Å². The molecule has 1 amide bonds. The van der Waals surface area contributed by atoms with Gasteiger partial charge >= 0.3 is 0 Å². The highest BCUT2D eigenvalue weighted by molar-refractivity contribution is 7.22. The molecule has 6 nitrogen and oxygen atoms in total. The van der Waals surface area contributed by atoms with E-state index < -0.39 is 0 Å². The summed E-state index contributed by atoms with van der Waals surface area (Å²) in [7, 11) is 1.89. The molecule has 1 aliphatic rings. The fourth-order valence-corrected chi connectivity index (χ4v) is 4.13. The maximum absolute atomic E-state index is 12.5. The SMILES string of the molecule is CNCCNc1ncc(Cl)c(-c2cc3c(C(=O)NC4CC4)cccc3s2)n1.Cl.Cl. The fraction of sp³-hybridized carbons (Fsp3) is 0.316. The maximum Gasteiger partial charge on any atom is 0.252 e. The summed E-state index contributed by atoms with van der Waals surface area (Å²) in [6.45, 7) is 1.53. The first-order chi connectivity index (χ1) is 13.2. The van der Waals surface area contributed by atoms with Crippen LogP contribution in [-0.4, -0.2) is 42.1 Å². The van der Waals surface area contributed by atoms with Crippen molar-refractivity contribution in [2.45, 2.75) is 18.9 Å². The van der Waals surface area contributed by atoms with Crippen LogP contribution >= 0.6 is 47.8 Å². The molecule has 0 radical (unpaired) electrons. The number of rotatable bonds is 7. The first-order valence-electron chi connectivity index (χ1n) is 8.90. The van der Waals surface area contributed by atoms with Crippen LogP contribution < -0.4 is 16.0 Å². The van der Waals surface area contributed by atoms with Gasteiger partial charge < -0.3 is 16.0 Å². The van der Waals surface area contributed by atoms with Crippen molar-refractivity contribution < 1.29 is 4.79 Å². The lowest BCUT2D eigenvalue weighted by Gasteiger charge is -2.06. The van der Waals surface area contributed by atoms with Gasteiger partial charge in [-0.25, -0.2) is 9.97 Å². The third-order valence-corrected chi connectivity index (χ3v) is 5.74. The highest BCUT2D eigenvalue weighted by atomic mass is 35.5. The molecule has 1 saturated carbocycles. The summed E-state index contributed by atoms with van der Waals surface area (Å²) < 4.78 is 1.04. The average molecular weight is 475 g/mol. The van der Waals surface area contributed by atoms with Gasteiger partial charge in [-0.05, 0) is 38.1 Å². The number of fused-ring (bicyclic) bond motifs is 1. The van der Waals surface area contributed by atoms with Crippen molar-refractivity contribution in [1.29, 1.82) is 0 Å². The van der Waals surface area contributed by atoms with Crippen molar-refractivity contribution in [3.8, 4) is 10.6 Å². The number of nitrogens with one attached hydrogen (secondary N) is 3. The number of hydrogen-bond acceptors (Lipinski definition) is 6. The lowest BCUT2D eigenvalue weighted by atomic mass is 10.1. The molecule has 29 heavy (non-hydrogen) atoms. The second-order valence-corrected chi connectivity index (χ2v) is 7.99. The summed E-state index contributed by atoms with van der Waals surface area (Å²) in [5.41, 5.74) is 1.37. The highest BCUT2D eigenvalue weighted by Crippen LogP contribution is 2.37. The van der Waals surface area contributed by atoms with E-state index in [2.05, 4.69) is 25.9 Å². The second-order valence-electron chi connectivity index (χ2n) is 6.50. The van der Waals surface area contributed by atoms with Crippen molar-refractivity contribution in [2.75, 3.05) is 25.5 Å². The molecule has 2 aromatic heterocycles. The predicted octanol–water partition coefficient (Wildman–Crippen LogP) is 4.38. The number of thiophene rings is 1. The third kappa shape index (κ3) is 5.49. The van der Waals surface area contributed by atoms with Crippen LogP contribution in [0.5, 0.6) is 0 Å². The van der Waals surface area contributed by atoms with Crippen molar-refractivity contribution in [3.05, 3.63) is 41.0 Å². The molecular weight excluding hydrogens is 453 g/mol. The molecule has 0 spiro atoms. The molecule has 0 unspecified atom stereocenters. The molecule has 0 saturated heterocycles. The van der Waals surface area contributed by atoms with Gasteiger partial charge in [-0.3, -0.25) is 4.79 Å². The summed E-state index contributed by atoms with van der Waals surface area (Å²) in [5, 5.41) is 10.7. The summed E-state index contributed by atoms with van der Waals surface area (Å²) in [6.07, 6.45) is 3.74. The largest absolute Gasteiger partial charge is 0.353 e. The lowest BCUT2D eigenvalue weighted by Crippen LogP contribution is -2.25. The van der Waals surface area contributed by atoms with Crippen molar-refractivity contribution in [2.24, 2.45) is 0 Å². The highest BCUT2D eigenvalue weighted by Gasteiger charge is 2.25. The number of carbonyl (C=O) groups is 1. The molecule has 1 aromatic carbocycles. The summed E-state index contributed by atoms with van der Waals surface area (Å²) in [4.78, 5) is 22.3. The monoisotopic (exact) mass is 473 g/mol. The van der Waals surface area contributed by atoms with E-state index in [1.807, 2.05) is 31.3 Å². The van der Waals surface area contributed by atoms with E-state index >= 15 is 0 Å². The minimum Gasteiger partial charge on any atom is -0.353 e. The van der Waals surface area contributed by atoms with Crippen LogP contribution in [0.4, 0.5) is 5.95 Å². The Kier molecular flexibility index (Phi) is 8.48. The van der Waals surface area contributed by atoms with Crippen molar-refractivity contribution in [1.82, 2.24) is 20.6 Å². The van der Waals surface area contributed by atoms with Gasteiger partial charge in [0.1, 0.15) is 5.69 Å². The summed E-state index contributed by atoms with van der Waals surface area (Å²) >= 11 is 7.93. The van der Waals surface area contributed by atoms with Crippen LogP contribution in [0.1, 0.15) is 23.2 Å². The molecule has 0 atom stereocenters. The van der Waals surface area contributed by atoms with Crippen LogP contribution in [0.2, 0.25) is 5.02 Å². The molecule has 3 aromatic rings. The van der Waals surface area contributed by atoms with Gasteiger partial charge in [0, 0.05) is 34.8 Å². The Labute approximate surface area is 190 Å². The Hall–Kier alpha value is -1.64. The van der Waals surface area contributed by atoms with Gasteiger partial charge in [-0.1, -0.05) is 17.7 Å². The van der Waals surface area contributed by atoms with Crippen LogP contribution in [0, 0.1) is 0 Å². The number of nitrogens with zero attached hydrogens (tertiary/aromatic N) is 2. The minimum absolute atomic E-state index is 0. The number of anilines is 1. The number of halogens is 3. The number of carbonyl (C=O) groups excluding carboxylic acids is 1. The molecule has 0 bridgehead atoms. The zero-order valence-corrected chi connectivity index (χ0v) is 18.9. The Morgan fingerprint density at radius 1 is 1.28 bits per heavy atom. The maximum atomic E-state index is 12.5. The van der Waals surface area contributed by atoms with Crippen LogP contribution in [0.3, 0.4) is 0 Å². The quantitative estimate of drug-likeness (QED) is 0.443. The third-order valence-electron chi connectivity index (χ3n) is 4.35. The van der Waals surface area contributed by atoms with E-state index in [4.69, 9.17) is 11.6 Å². The van der Waals surface area contributed by atoms with E-state index in [0.717, 1.165) is 40.9 Å². The van der Waals surface area contributed by atoms with Gasteiger partial charge in [0.25, 0.3) is 5.91 Å². The number of amides is 1. The minimum atomic E-state index is -0.0179. The number of hydrogen-bond donors (Lipinski definition) is 3. The number of likely N-dealkylation sites (N-methyl/N-ethyl adjacent to an activating group) is 1. The van der Waals surface area contributed by atoms with E-state index in [0.29, 0.717) is 28.3 Å². The molecule has 1 fully saturated rings.